The first-order chi connectivity index (χ1) is 10.7. The number of thioether (sulfide) groups is 1. The normalized spacial score (nSPS) is 11.3. The SMILES string of the molecule is CCc1nn(C)c(CC)c1CNC(=NC)NCCCCSC.I. The van der Waals surface area contributed by atoms with E-state index in [-0.39, 0.29) is 24.0 Å². The molecule has 134 valence electrons. The third kappa shape index (κ3) is 7.32. The van der Waals surface area contributed by atoms with Crippen LogP contribution in [0.3, 0.4) is 0 Å². The Morgan fingerprint density at radius 1 is 1.22 bits per heavy atom. The van der Waals surface area contributed by atoms with Gasteiger partial charge in [0, 0.05) is 38.4 Å². The van der Waals surface area contributed by atoms with Crippen LogP contribution in [0.4, 0.5) is 0 Å². The minimum Gasteiger partial charge on any atom is -0.356 e. The van der Waals surface area contributed by atoms with Crippen LogP contribution < -0.4 is 10.6 Å². The van der Waals surface area contributed by atoms with Gasteiger partial charge in [-0.1, -0.05) is 13.8 Å². The maximum atomic E-state index is 4.61. The molecule has 0 unspecified atom stereocenters. The molecule has 0 aromatic carbocycles. The first-order valence-corrected chi connectivity index (χ1v) is 9.54. The molecule has 0 aliphatic carbocycles. The van der Waals surface area contributed by atoms with Crippen molar-refractivity contribution in [3.05, 3.63) is 17.0 Å². The highest BCUT2D eigenvalue weighted by Gasteiger charge is 2.13. The largest absolute Gasteiger partial charge is 0.356 e. The molecule has 0 bridgehead atoms. The Morgan fingerprint density at radius 2 is 1.96 bits per heavy atom. The fourth-order valence-electron chi connectivity index (χ4n) is 2.56. The van der Waals surface area contributed by atoms with Crippen molar-refractivity contribution in [2.45, 2.75) is 46.1 Å². The van der Waals surface area contributed by atoms with Gasteiger partial charge in [0.2, 0.25) is 0 Å². The zero-order valence-corrected chi connectivity index (χ0v) is 18.3. The molecule has 0 aliphatic heterocycles. The van der Waals surface area contributed by atoms with Crippen molar-refractivity contribution in [1.29, 1.82) is 0 Å². The molecule has 7 heteroatoms. The number of unbranched alkanes of at least 4 members (excludes halogenated alkanes) is 1. The monoisotopic (exact) mass is 453 g/mol. The maximum absolute atomic E-state index is 4.61. The van der Waals surface area contributed by atoms with Crippen LogP contribution in [0.15, 0.2) is 4.99 Å². The zero-order chi connectivity index (χ0) is 16.4. The number of rotatable bonds is 9. The summed E-state index contributed by atoms with van der Waals surface area (Å²) in [4.78, 5) is 4.30. The van der Waals surface area contributed by atoms with Crippen molar-refractivity contribution < 1.29 is 0 Å². The minimum atomic E-state index is 0. The average molecular weight is 453 g/mol. The Hall–Kier alpha value is -0.440. The summed E-state index contributed by atoms with van der Waals surface area (Å²) in [7, 11) is 3.85. The highest BCUT2D eigenvalue weighted by atomic mass is 127. The van der Waals surface area contributed by atoms with E-state index in [1.807, 2.05) is 30.5 Å². The molecule has 1 aromatic rings. The third-order valence-electron chi connectivity index (χ3n) is 3.75. The van der Waals surface area contributed by atoms with Crippen LogP contribution in [-0.2, 0) is 26.4 Å². The molecular formula is C16H32IN5S. The summed E-state index contributed by atoms with van der Waals surface area (Å²) in [6, 6.07) is 0. The molecule has 0 saturated carbocycles. The molecule has 0 atom stereocenters. The van der Waals surface area contributed by atoms with Gasteiger partial charge >= 0.3 is 0 Å². The maximum Gasteiger partial charge on any atom is 0.191 e. The quantitative estimate of drug-likeness (QED) is 0.261. The predicted molar refractivity (Wildman–Crippen MR) is 113 cm³/mol. The van der Waals surface area contributed by atoms with Gasteiger partial charge in [0.15, 0.2) is 5.96 Å². The van der Waals surface area contributed by atoms with E-state index in [1.54, 1.807) is 0 Å². The van der Waals surface area contributed by atoms with Crippen molar-refractivity contribution in [1.82, 2.24) is 20.4 Å². The number of aromatic nitrogens is 2. The van der Waals surface area contributed by atoms with Gasteiger partial charge in [0.1, 0.15) is 0 Å². The van der Waals surface area contributed by atoms with Gasteiger partial charge in [-0.2, -0.15) is 16.9 Å². The number of halogens is 1. The van der Waals surface area contributed by atoms with Crippen molar-refractivity contribution >= 4 is 41.7 Å². The fourth-order valence-corrected chi connectivity index (χ4v) is 3.06. The van der Waals surface area contributed by atoms with Crippen LogP contribution in [0.2, 0.25) is 0 Å². The Morgan fingerprint density at radius 3 is 2.52 bits per heavy atom. The van der Waals surface area contributed by atoms with Crippen molar-refractivity contribution in [3.63, 3.8) is 0 Å². The molecule has 1 rings (SSSR count). The highest BCUT2D eigenvalue weighted by molar-refractivity contribution is 14.0. The van der Waals surface area contributed by atoms with Gasteiger partial charge in [-0.15, -0.1) is 24.0 Å². The summed E-state index contributed by atoms with van der Waals surface area (Å²) < 4.78 is 2.01. The summed E-state index contributed by atoms with van der Waals surface area (Å²) in [5.74, 6) is 2.10. The smallest absolute Gasteiger partial charge is 0.191 e. The molecule has 0 spiro atoms. The van der Waals surface area contributed by atoms with E-state index in [2.05, 4.69) is 40.8 Å². The van der Waals surface area contributed by atoms with Crippen LogP contribution in [0.5, 0.6) is 0 Å². The Kier molecular flexibility index (Phi) is 12.7. The molecule has 0 saturated heterocycles. The second kappa shape index (κ2) is 12.9. The Balaban J connectivity index is 0.00000484. The Labute approximate surface area is 162 Å². The van der Waals surface area contributed by atoms with Crippen molar-refractivity contribution in [3.8, 4) is 0 Å². The van der Waals surface area contributed by atoms with E-state index in [0.29, 0.717) is 0 Å². The zero-order valence-electron chi connectivity index (χ0n) is 15.1. The first-order valence-electron chi connectivity index (χ1n) is 8.14. The van der Waals surface area contributed by atoms with E-state index in [0.717, 1.165) is 31.9 Å². The minimum absolute atomic E-state index is 0. The lowest BCUT2D eigenvalue weighted by atomic mass is 10.1. The van der Waals surface area contributed by atoms with E-state index in [1.165, 1.54) is 35.5 Å². The lowest BCUT2D eigenvalue weighted by Crippen LogP contribution is -2.37. The first kappa shape index (κ1) is 22.6. The summed E-state index contributed by atoms with van der Waals surface area (Å²) in [5.41, 5.74) is 3.81. The molecule has 0 radical (unpaired) electrons. The lowest BCUT2D eigenvalue weighted by Gasteiger charge is -2.12. The molecule has 0 fully saturated rings. The number of nitrogens with one attached hydrogen (secondary N) is 2. The van der Waals surface area contributed by atoms with Crippen LogP contribution >= 0.6 is 35.7 Å². The van der Waals surface area contributed by atoms with E-state index < -0.39 is 0 Å². The highest BCUT2D eigenvalue weighted by Crippen LogP contribution is 2.15. The number of nitrogens with zero attached hydrogens (tertiary/aromatic N) is 3. The molecule has 0 amide bonds. The van der Waals surface area contributed by atoms with E-state index >= 15 is 0 Å². The Bertz CT molecular complexity index is 473. The summed E-state index contributed by atoms with van der Waals surface area (Å²) >= 11 is 1.90. The van der Waals surface area contributed by atoms with Crippen LogP contribution in [0.25, 0.3) is 0 Å². The number of hydrogen-bond donors (Lipinski definition) is 2. The van der Waals surface area contributed by atoms with Gasteiger partial charge in [0.05, 0.1) is 5.69 Å². The van der Waals surface area contributed by atoms with Crippen molar-refractivity contribution in [2.75, 3.05) is 25.6 Å². The number of hydrogen-bond acceptors (Lipinski definition) is 3. The van der Waals surface area contributed by atoms with Crippen LogP contribution in [0, 0.1) is 0 Å². The summed E-state index contributed by atoms with van der Waals surface area (Å²) in [6.07, 6.45) is 6.54. The lowest BCUT2D eigenvalue weighted by molar-refractivity contribution is 0.701. The van der Waals surface area contributed by atoms with Gasteiger partial charge in [-0.3, -0.25) is 9.67 Å². The molecule has 5 nitrogen and oxygen atoms in total. The molecular weight excluding hydrogens is 421 g/mol. The fraction of sp³-hybridized carbons (Fsp3) is 0.750. The predicted octanol–water partition coefficient (Wildman–Crippen LogP) is 2.97. The molecule has 23 heavy (non-hydrogen) atoms. The second-order valence-corrected chi connectivity index (χ2v) is 6.24. The van der Waals surface area contributed by atoms with E-state index in [4.69, 9.17) is 0 Å². The van der Waals surface area contributed by atoms with Crippen molar-refractivity contribution in [2.24, 2.45) is 12.0 Å². The molecule has 0 aliphatic rings. The van der Waals surface area contributed by atoms with Gasteiger partial charge in [-0.05, 0) is 37.7 Å². The second-order valence-electron chi connectivity index (χ2n) is 5.26. The number of aliphatic imine (C=N–C) groups is 1. The average Bonchev–Trinajstić information content (AvgIpc) is 2.85. The van der Waals surface area contributed by atoms with Gasteiger partial charge in [-0.25, -0.2) is 0 Å². The number of guanidine groups is 1. The van der Waals surface area contributed by atoms with Crippen LogP contribution in [0.1, 0.15) is 43.6 Å². The van der Waals surface area contributed by atoms with Crippen LogP contribution in [-0.4, -0.2) is 41.3 Å². The topological polar surface area (TPSA) is 54.2 Å². The third-order valence-corrected chi connectivity index (χ3v) is 4.45. The summed E-state index contributed by atoms with van der Waals surface area (Å²) in [5, 5.41) is 11.4. The van der Waals surface area contributed by atoms with E-state index in [9.17, 15) is 0 Å². The molecule has 2 N–H and O–H groups in total. The van der Waals surface area contributed by atoms with Gasteiger partial charge < -0.3 is 10.6 Å². The summed E-state index contributed by atoms with van der Waals surface area (Å²) in [6.45, 7) is 6.09. The van der Waals surface area contributed by atoms with Gasteiger partial charge in [0.25, 0.3) is 0 Å². The molecule has 1 aromatic heterocycles. The number of aryl methyl sites for hydroxylation is 2. The standard InChI is InChI=1S/C16H31N5S.HI/c1-6-14-13(15(7-2)21(4)20-14)12-19-16(17-3)18-10-8-9-11-22-5;/h6-12H2,1-5H3,(H2,17,18,19);1H. The molecule has 1 heterocycles.